The van der Waals surface area contributed by atoms with Gasteiger partial charge in [0.15, 0.2) is 0 Å². The number of hydrogen-bond donors (Lipinski definition) is 1. The third-order valence-corrected chi connectivity index (χ3v) is 2.58. The second kappa shape index (κ2) is 6.48. The summed E-state index contributed by atoms with van der Waals surface area (Å²) in [5.41, 5.74) is 1.11. The third kappa shape index (κ3) is 4.62. The standard InChI is InChI=1S/C13H22N2O/c1-11(2)4-6-14-7-9-15-8-5-12(3)10-13(15)16/h5,8,10-11,14H,4,6-7,9H2,1-3H3. The molecule has 0 saturated heterocycles. The van der Waals surface area contributed by atoms with Crippen molar-refractivity contribution in [1.29, 1.82) is 0 Å². The number of aromatic nitrogens is 1. The highest BCUT2D eigenvalue weighted by Crippen LogP contribution is 1.96. The zero-order valence-corrected chi connectivity index (χ0v) is 10.5. The molecule has 3 nitrogen and oxygen atoms in total. The average Bonchev–Trinajstić information content (AvgIpc) is 2.20. The van der Waals surface area contributed by atoms with E-state index in [0.717, 1.165) is 31.1 Å². The second-order valence-corrected chi connectivity index (χ2v) is 4.67. The van der Waals surface area contributed by atoms with E-state index in [9.17, 15) is 4.79 Å². The Kier molecular flexibility index (Phi) is 5.26. The van der Waals surface area contributed by atoms with Gasteiger partial charge in [0.1, 0.15) is 0 Å². The summed E-state index contributed by atoms with van der Waals surface area (Å²) in [6.07, 6.45) is 3.05. The lowest BCUT2D eigenvalue weighted by atomic mass is 10.1. The Hall–Kier alpha value is -1.09. The highest BCUT2D eigenvalue weighted by Gasteiger charge is 1.96. The van der Waals surface area contributed by atoms with E-state index in [-0.39, 0.29) is 5.56 Å². The van der Waals surface area contributed by atoms with Gasteiger partial charge in [-0.25, -0.2) is 0 Å². The number of aryl methyl sites for hydroxylation is 1. The molecule has 1 rings (SSSR count). The molecule has 3 heteroatoms. The fraction of sp³-hybridized carbons (Fsp3) is 0.615. The summed E-state index contributed by atoms with van der Waals surface area (Å²) in [4.78, 5) is 11.5. The average molecular weight is 222 g/mol. The number of nitrogens with zero attached hydrogens (tertiary/aromatic N) is 1. The summed E-state index contributed by atoms with van der Waals surface area (Å²) in [7, 11) is 0. The molecule has 1 heterocycles. The maximum Gasteiger partial charge on any atom is 0.250 e. The summed E-state index contributed by atoms with van der Waals surface area (Å²) in [6, 6.07) is 3.64. The highest BCUT2D eigenvalue weighted by atomic mass is 16.1. The van der Waals surface area contributed by atoms with E-state index in [1.165, 1.54) is 6.42 Å². The van der Waals surface area contributed by atoms with Crippen molar-refractivity contribution in [3.05, 3.63) is 34.2 Å². The van der Waals surface area contributed by atoms with Crippen molar-refractivity contribution in [2.45, 2.75) is 33.7 Å². The largest absolute Gasteiger partial charge is 0.315 e. The Bertz CT molecular complexity index is 368. The van der Waals surface area contributed by atoms with E-state index in [0.29, 0.717) is 0 Å². The first-order chi connectivity index (χ1) is 7.59. The molecule has 0 aliphatic carbocycles. The molecule has 0 atom stereocenters. The first kappa shape index (κ1) is 13.0. The van der Waals surface area contributed by atoms with Crippen molar-refractivity contribution >= 4 is 0 Å². The van der Waals surface area contributed by atoms with E-state index in [2.05, 4.69) is 19.2 Å². The Balaban J connectivity index is 2.30. The fourth-order valence-corrected chi connectivity index (χ4v) is 1.51. The van der Waals surface area contributed by atoms with Crippen LogP contribution in [0.25, 0.3) is 0 Å². The van der Waals surface area contributed by atoms with E-state index in [4.69, 9.17) is 0 Å². The molecule has 0 saturated carbocycles. The van der Waals surface area contributed by atoms with Gasteiger partial charge in [-0.05, 0) is 37.4 Å². The second-order valence-electron chi connectivity index (χ2n) is 4.67. The van der Waals surface area contributed by atoms with Gasteiger partial charge in [-0.2, -0.15) is 0 Å². The molecular formula is C13H22N2O. The van der Waals surface area contributed by atoms with E-state index in [1.807, 2.05) is 19.2 Å². The highest BCUT2D eigenvalue weighted by molar-refractivity contribution is 5.07. The van der Waals surface area contributed by atoms with E-state index in [1.54, 1.807) is 10.6 Å². The van der Waals surface area contributed by atoms with Crippen LogP contribution in [0.4, 0.5) is 0 Å². The normalized spacial score (nSPS) is 11.0. The van der Waals surface area contributed by atoms with Gasteiger partial charge in [-0.3, -0.25) is 4.79 Å². The quantitative estimate of drug-likeness (QED) is 0.745. The first-order valence-electron chi connectivity index (χ1n) is 5.97. The zero-order valence-electron chi connectivity index (χ0n) is 10.5. The van der Waals surface area contributed by atoms with Crippen LogP contribution < -0.4 is 10.9 Å². The molecule has 90 valence electrons. The first-order valence-corrected chi connectivity index (χ1v) is 5.97. The number of rotatable bonds is 6. The van der Waals surface area contributed by atoms with Crippen LogP contribution in [-0.2, 0) is 6.54 Å². The Labute approximate surface area is 97.5 Å². The lowest BCUT2D eigenvalue weighted by Crippen LogP contribution is -2.27. The molecule has 1 aromatic heterocycles. The van der Waals surface area contributed by atoms with Crippen molar-refractivity contribution in [2.75, 3.05) is 13.1 Å². The smallest absolute Gasteiger partial charge is 0.250 e. The molecule has 0 fully saturated rings. The minimum atomic E-state index is 0.0886. The van der Waals surface area contributed by atoms with Crippen molar-refractivity contribution in [2.24, 2.45) is 5.92 Å². The van der Waals surface area contributed by atoms with E-state index >= 15 is 0 Å². The summed E-state index contributed by atoms with van der Waals surface area (Å²) in [5, 5.41) is 3.35. The van der Waals surface area contributed by atoms with Gasteiger partial charge < -0.3 is 9.88 Å². The van der Waals surface area contributed by atoms with Crippen molar-refractivity contribution in [1.82, 2.24) is 9.88 Å². The fourth-order valence-electron chi connectivity index (χ4n) is 1.51. The van der Waals surface area contributed by atoms with Crippen LogP contribution in [-0.4, -0.2) is 17.7 Å². The van der Waals surface area contributed by atoms with Gasteiger partial charge in [-0.15, -0.1) is 0 Å². The van der Waals surface area contributed by atoms with Crippen LogP contribution in [0.1, 0.15) is 25.8 Å². The van der Waals surface area contributed by atoms with Crippen LogP contribution in [0.3, 0.4) is 0 Å². The molecule has 0 aliphatic heterocycles. The third-order valence-electron chi connectivity index (χ3n) is 2.58. The predicted molar refractivity (Wildman–Crippen MR) is 67.8 cm³/mol. The summed E-state index contributed by atoms with van der Waals surface area (Å²) in [6.45, 7) is 9.00. The van der Waals surface area contributed by atoms with Crippen molar-refractivity contribution in [3.8, 4) is 0 Å². The lowest BCUT2D eigenvalue weighted by molar-refractivity contribution is 0.516. The molecule has 0 radical (unpaired) electrons. The van der Waals surface area contributed by atoms with Crippen LogP contribution in [0.5, 0.6) is 0 Å². The number of hydrogen-bond acceptors (Lipinski definition) is 2. The molecule has 0 aromatic carbocycles. The molecule has 0 amide bonds. The zero-order chi connectivity index (χ0) is 12.0. The number of nitrogens with one attached hydrogen (secondary N) is 1. The Morgan fingerprint density at radius 3 is 2.75 bits per heavy atom. The van der Waals surface area contributed by atoms with Gasteiger partial charge in [0, 0.05) is 25.4 Å². The molecule has 0 aliphatic rings. The summed E-state index contributed by atoms with van der Waals surface area (Å²) in [5.74, 6) is 0.731. The Morgan fingerprint density at radius 1 is 1.38 bits per heavy atom. The molecule has 1 aromatic rings. The van der Waals surface area contributed by atoms with Crippen LogP contribution >= 0.6 is 0 Å². The minimum Gasteiger partial charge on any atom is -0.315 e. The predicted octanol–water partition coefficient (Wildman–Crippen LogP) is 1.79. The molecule has 0 bridgehead atoms. The summed E-state index contributed by atoms with van der Waals surface area (Å²) >= 11 is 0. The molecule has 0 spiro atoms. The Morgan fingerprint density at radius 2 is 2.12 bits per heavy atom. The van der Waals surface area contributed by atoms with Crippen LogP contribution in [0.15, 0.2) is 23.1 Å². The maximum atomic E-state index is 11.5. The topological polar surface area (TPSA) is 34.0 Å². The lowest BCUT2D eigenvalue weighted by Gasteiger charge is -2.08. The van der Waals surface area contributed by atoms with Gasteiger partial charge in [0.25, 0.3) is 5.56 Å². The van der Waals surface area contributed by atoms with Crippen molar-refractivity contribution < 1.29 is 0 Å². The van der Waals surface area contributed by atoms with Gasteiger partial charge in [-0.1, -0.05) is 13.8 Å². The van der Waals surface area contributed by atoms with Gasteiger partial charge in [0.05, 0.1) is 0 Å². The molecule has 1 N–H and O–H groups in total. The SMILES string of the molecule is Cc1ccn(CCNCCC(C)C)c(=O)c1. The van der Waals surface area contributed by atoms with Gasteiger partial charge in [0.2, 0.25) is 0 Å². The molecule has 0 unspecified atom stereocenters. The molecular weight excluding hydrogens is 200 g/mol. The van der Waals surface area contributed by atoms with E-state index < -0.39 is 0 Å². The minimum absolute atomic E-state index is 0.0886. The van der Waals surface area contributed by atoms with Crippen LogP contribution in [0.2, 0.25) is 0 Å². The molecule has 16 heavy (non-hydrogen) atoms. The van der Waals surface area contributed by atoms with Crippen molar-refractivity contribution in [3.63, 3.8) is 0 Å². The monoisotopic (exact) mass is 222 g/mol. The number of pyridine rings is 1. The van der Waals surface area contributed by atoms with Gasteiger partial charge >= 0.3 is 0 Å². The maximum absolute atomic E-state index is 11.5. The summed E-state index contributed by atoms with van der Waals surface area (Å²) < 4.78 is 1.75. The van der Waals surface area contributed by atoms with Crippen LogP contribution in [0, 0.1) is 12.8 Å².